The molecular weight excluding hydrogens is 491 g/mol. The minimum absolute atomic E-state index is 0.00497. The highest BCUT2D eigenvalue weighted by atomic mass is 31.2. The van der Waals surface area contributed by atoms with Crippen LogP contribution in [-0.4, -0.2) is 70.5 Å². The molecule has 35 heavy (non-hydrogen) atoms. The van der Waals surface area contributed by atoms with Crippen LogP contribution in [0.4, 0.5) is 11.6 Å². The second kappa shape index (κ2) is 9.09. The van der Waals surface area contributed by atoms with Crippen LogP contribution in [-0.2, 0) is 13.8 Å². The Hall–Kier alpha value is -3.82. The largest absolute Gasteiger partial charge is 0.478 e. The molecule has 3 heterocycles. The molecular formula is C18H19N6O10P. The molecule has 0 spiro atoms. The summed E-state index contributed by atoms with van der Waals surface area (Å²) < 4.78 is 24.5. The molecule has 3 aromatic rings. The van der Waals surface area contributed by atoms with E-state index in [1.54, 1.807) is 0 Å². The summed E-state index contributed by atoms with van der Waals surface area (Å²) in [6.45, 7) is -0.564. The number of anilines is 2. The minimum Gasteiger partial charge on any atom is -0.478 e. The van der Waals surface area contributed by atoms with E-state index in [1.807, 2.05) is 0 Å². The van der Waals surface area contributed by atoms with Crippen molar-refractivity contribution in [2.75, 3.05) is 17.4 Å². The monoisotopic (exact) mass is 510 g/mol. The predicted molar refractivity (Wildman–Crippen MR) is 117 cm³/mol. The van der Waals surface area contributed by atoms with E-state index in [9.17, 15) is 28.9 Å². The number of aromatic nitrogens is 4. The van der Waals surface area contributed by atoms with Crippen LogP contribution >= 0.6 is 7.75 Å². The van der Waals surface area contributed by atoms with E-state index in [4.69, 9.17) is 25.2 Å². The lowest BCUT2D eigenvalue weighted by molar-refractivity contribution is -0.0394. The molecule has 8 N–H and O–H groups in total. The Morgan fingerprint density at radius 3 is 2.57 bits per heavy atom. The van der Waals surface area contributed by atoms with Crippen LogP contribution in [0.2, 0.25) is 0 Å². The van der Waals surface area contributed by atoms with Gasteiger partial charge in [0.25, 0.3) is 5.56 Å². The number of carboxylic acid groups (broad SMARTS) is 2. The number of nitrogens with one attached hydrogen (secondary N) is 2. The van der Waals surface area contributed by atoms with Crippen LogP contribution in [0.5, 0.6) is 0 Å². The third-order valence-electron chi connectivity index (χ3n) is 5.08. The lowest BCUT2D eigenvalue weighted by Gasteiger charge is -2.19. The Labute approximate surface area is 194 Å². The first kappa shape index (κ1) is 24.3. The van der Waals surface area contributed by atoms with Crippen molar-refractivity contribution in [3.05, 3.63) is 46.0 Å². The van der Waals surface area contributed by atoms with Crippen LogP contribution in [0.25, 0.3) is 11.2 Å². The van der Waals surface area contributed by atoms with E-state index in [2.05, 4.69) is 20.0 Å². The molecule has 1 fully saturated rings. The number of imidazole rings is 1. The quantitative estimate of drug-likeness (QED) is 0.197. The van der Waals surface area contributed by atoms with Crippen molar-refractivity contribution in [3.8, 4) is 0 Å². The normalized spacial score (nSPS) is 21.6. The average molecular weight is 510 g/mol. The zero-order valence-electron chi connectivity index (χ0n) is 17.6. The second-order valence-corrected chi connectivity index (χ2v) is 9.07. The summed E-state index contributed by atoms with van der Waals surface area (Å²) >= 11 is 0. The van der Waals surface area contributed by atoms with Gasteiger partial charge >= 0.3 is 19.7 Å². The number of carbonyl (C=O) groups is 2. The van der Waals surface area contributed by atoms with Crippen molar-refractivity contribution in [2.45, 2.75) is 24.9 Å². The van der Waals surface area contributed by atoms with Crippen molar-refractivity contribution in [3.63, 3.8) is 0 Å². The molecule has 1 aliphatic heterocycles. The predicted octanol–water partition coefficient (Wildman–Crippen LogP) is -0.0243. The second-order valence-electron chi connectivity index (χ2n) is 7.54. The fourth-order valence-electron chi connectivity index (χ4n) is 3.50. The molecule has 1 unspecified atom stereocenters. The molecule has 2 aromatic heterocycles. The number of nitrogens with two attached hydrogens (primary N) is 1. The Morgan fingerprint density at radius 2 is 1.94 bits per heavy atom. The Morgan fingerprint density at radius 1 is 1.29 bits per heavy atom. The fourth-order valence-corrected chi connectivity index (χ4v) is 4.37. The van der Waals surface area contributed by atoms with Crippen molar-refractivity contribution in [1.29, 1.82) is 0 Å². The number of fused-ring (bicyclic) bond motifs is 1. The number of hydrogen-bond donors (Lipinski definition) is 7. The number of aromatic amines is 1. The summed E-state index contributed by atoms with van der Waals surface area (Å²) in [5.74, 6) is -3.03. The molecule has 17 heteroatoms. The smallest absolute Gasteiger partial charge is 0.430 e. The maximum absolute atomic E-state index is 12.5. The topological polar surface area (TPSA) is 252 Å². The van der Waals surface area contributed by atoms with Gasteiger partial charge in [-0.25, -0.2) is 19.1 Å². The van der Waals surface area contributed by atoms with E-state index in [-0.39, 0.29) is 29.2 Å². The highest BCUT2D eigenvalue weighted by Crippen LogP contribution is 2.43. The van der Waals surface area contributed by atoms with E-state index in [1.165, 1.54) is 10.9 Å². The number of H-pyrrole nitrogens is 1. The molecule has 0 amide bonds. The molecule has 1 aliphatic rings. The summed E-state index contributed by atoms with van der Waals surface area (Å²) in [5, 5.41) is 30.7. The first-order chi connectivity index (χ1) is 16.4. The maximum Gasteiger partial charge on any atom is 0.430 e. The summed E-state index contributed by atoms with van der Waals surface area (Å²) in [5.41, 5.74) is 4.00. The number of rotatable bonds is 8. The van der Waals surface area contributed by atoms with E-state index < -0.39 is 61.4 Å². The van der Waals surface area contributed by atoms with Crippen LogP contribution in [0.1, 0.15) is 33.4 Å². The van der Waals surface area contributed by atoms with Gasteiger partial charge in [0.15, 0.2) is 11.2 Å². The van der Waals surface area contributed by atoms with Crippen LogP contribution in [0, 0.1) is 0 Å². The van der Waals surface area contributed by atoms with E-state index >= 15 is 0 Å². The molecule has 1 saturated heterocycles. The molecule has 0 radical (unpaired) electrons. The molecule has 4 atom stereocenters. The van der Waals surface area contributed by atoms with Crippen LogP contribution in [0.15, 0.2) is 29.3 Å². The van der Waals surface area contributed by atoms with Crippen molar-refractivity contribution in [1.82, 2.24) is 19.5 Å². The Balaban J connectivity index is 1.45. The van der Waals surface area contributed by atoms with Crippen LogP contribution < -0.4 is 16.4 Å². The maximum atomic E-state index is 12.5. The van der Waals surface area contributed by atoms with Gasteiger partial charge in [0.1, 0.15) is 12.3 Å². The number of nitrogens with zero attached hydrogens (tertiary/aromatic N) is 3. The number of aliphatic hydroxyl groups excluding tert-OH is 1. The molecule has 16 nitrogen and oxygen atoms in total. The molecule has 0 bridgehead atoms. The molecule has 4 rings (SSSR count). The lowest BCUT2D eigenvalue weighted by Crippen LogP contribution is -2.26. The molecule has 0 saturated carbocycles. The zero-order valence-corrected chi connectivity index (χ0v) is 18.5. The summed E-state index contributed by atoms with van der Waals surface area (Å²) in [6, 6.07) is 2.81. The third kappa shape index (κ3) is 5.16. The lowest BCUT2D eigenvalue weighted by atomic mass is 10.1. The first-order valence-corrected chi connectivity index (χ1v) is 11.4. The Kier molecular flexibility index (Phi) is 6.31. The van der Waals surface area contributed by atoms with E-state index in [0.29, 0.717) is 0 Å². The zero-order chi connectivity index (χ0) is 25.5. The number of carboxylic acids is 2. The first-order valence-electron chi connectivity index (χ1n) is 9.86. The van der Waals surface area contributed by atoms with Crippen molar-refractivity contribution < 1.29 is 43.6 Å². The fraction of sp³-hybridized carbons (Fsp3) is 0.278. The number of hydrogen-bond acceptors (Lipinski definition) is 10. The van der Waals surface area contributed by atoms with Gasteiger partial charge in [-0.1, -0.05) is 0 Å². The van der Waals surface area contributed by atoms with Gasteiger partial charge in [0.05, 0.1) is 30.2 Å². The standard InChI is InChI=1S/C18H19N6O10P/c19-18-21-14-13(15(26)22-18)20-6-24(14)12-4-10(25)11(34-12)5-33-35(31,32)23-9-2-7(16(27)28)1-8(3-9)17(29)30/h1-3,6,10-12,25H,4-5H2,(H,27,28)(H,29,30)(H2,23,31,32)(H3,19,21,22,26)/t10-,11+,12+/m0/s1. The van der Waals surface area contributed by atoms with Gasteiger partial charge in [-0.2, -0.15) is 4.98 Å². The summed E-state index contributed by atoms with van der Waals surface area (Å²) in [7, 11) is -4.65. The van der Waals surface area contributed by atoms with E-state index in [0.717, 1.165) is 18.2 Å². The van der Waals surface area contributed by atoms with Gasteiger partial charge in [0, 0.05) is 12.1 Å². The number of benzene rings is 1. The average Bonchev–Trinajstić information content (AvgIpc) is 3.35. The summed E-state index contributed by atoms with van der Waals surface area (Å²) in [4.78, 5) is 54.8. The van der Waals surface area contributed by atoms with Gasteiger partial charge in [-0.3, -0.25) is 24.0 Å². The molecule has 1 aromatic carbocycles. The SMILES string of the molecule is Nc1nc2c(ncn2[C@H]2C[C@H](O)[C@@H](COP(=O)(O)Nc3cc(C(=O)O)cc(C(=O)O)c3)O2)c(=O)[nH]1. The highest BCUT2D eigenvalue weighted by Gasteiger charge is 2.37. The van der Waals surface area contributed by atoms with Gasteiger partial charge in [0.2, 0.25) is 5.95 Å². The van der Waals surface area contributed by atoms with Crippen LogP contribution in [0.3, 0.4) is 0 Å². The number of ether oxygens (including phenoxy) is 1. The number of nitrogen functional groups attached to an aromatic ring is 1. The minimum atomic E-state index is -4.65. The molecule has 0 aliphatic carbocycles. The van der Waals surface area contributed by atoms with Gasteiger partial charge < -0.3 is 30.7 Å². The number of aromatic carboxylic acids is 2. The summed E-state index contributed by atoms with van der Waals surface area (Å²) in [6.07, 6.45) is -1.75. The van der Waals surface area contributed by atoms with Crippen molar-refractivity contribution >= 4 is 42.5 Å². The van der Waals surface area contributed by atoms with Crippen molar-refractivity contribution in [2.24, 2.45) is 0 Å². The molecule has 186 valence electrons. The van der Waals surface area contributed by atoms with Gasteiger partial charge in [-0.15, -0.1) is 0 Å². The third-order valence-corrected chi connectivity index (χ3v) is 6.12. The number of aliphatic hydroxyl groups is 1. The Bertz CT molecular complexity index is 1390. The van der Waals surface area contributed by atoms with Gasteiger partial charge in [-0.05, 0) is 18.2 Å². The highest BCUT2D eigenvalue weighted by molar-refractivity contribution is 7.54.